The fraction of sp³-hybridized carbons (Fsp3) is 0.733. The molecule has 0 heterocycles. The fourth-order valence-electron chi connectivity index (χ4n) is 3.34. The van der Waals surface area contributed by atoms with E-state index < -0.39 is 0 Å². The molecule has 0 saturated carbocycles. The molecule has 0 saturated heterocycles. The summed E-state index contributed by atoms with van der Waals surface area (Å²) in [6, 6.07) is 0. The van der Waals surface area contributed by atoms with Gasteiger partial charge < -0.3 is 0 Å². The molecule has 0 bridgehead atoms. The Morgan fingerprint density at radius 1 is 1.13 bits per heavy atom. The van der Waals surface area contributed by atoms with Crippen LogP contribution in [0.2, 0.25) is 0 Å². The van der Waals surface area contributed by atoms with Crippen LogP contribution in [-0.2, 0) is 0 Å². The monoisotopic (exact) mass is 204 g/mol. The van der Waals surface area contributed by atoms with Crippen LogP contribution < -0.4 is 0 Å². The van der Waals surface area contributed by atoms with Gasteiger partial charge in [-0.15, -0.1) is 0 Å². The number of allylic oxidation sites excluding steroid dienone is 4. The smallest absolute Gasteiger partial charge is 0.00128 e. The molecule has 0 spiro atoms. The van der Waals surface area contributed by atoms with Gasteiger partial charge in [0.25, 0.3) is 0 Å². The summed E-state index contributed by atoms with van der Waals surface area (Å²) in [7, 11) is 0. The van der Waals surface area contributed by atoms with Gasteiger partial charge in [-0.2, -0.15) is 0 Å². The molecule has 0 aromatic carbocycles. The average Bonchev–Trinajstić information content (AvgIpc) is 2.17. The van der Waals surface area contributed by atoms with E-state index in [-0.39, 0.29) is 0 Å². The SMILES string of the molecule is CC1=CC2C(=C(C)CC[C@H]2C(C)C)CC1. The minimum Gasteiger partial charge on any atom is -0.0781 e. The van der Waals surface area contributed by atoms with Crippen molar-refractivity contribution >= 4 is 0 Å². The largest absolute Gasteiger partial charge is 0.0781 e. The first-order valence-electron chi connectivity index (χ1n) is 6.45. The molecular formula is C15H24. The van der Waals surface area contributed by atoms with Crippen LogP contribution in [-0.4, -0.2) is 0 Å². The third-order valence-electron chi connectivity index (χ3n) is 4.37. The molecule has 0 N–H and O–H groups in total. The zero-order chi connectivity index (χ0) is 11.0. The highest BCUT2D eigenvalue weighted by atomic mass is 14.4. The molecule has 0 aromatic heterocycles. The lowest BCUT2D eigenvalue weighted by molar-refractivity contribution is 0.277. The summed E-state index contributed by atoms with van der Waals surface area (Å²) in [6.07, 6.45) is 7.95. The first-order valence-corrected chi connectivity index (χ1v) is 6.45. The number of fused-ring (bicyclic) bond motifs is 1. The minimum absolute atomic E-state index is 0.785. The molecule has 2 aliphatic carbocycles. The van der Waals surface area contributed by atoms with Crippen molar-refractivity contribution in [2.75, 3.05) is 0 Å². The maximum Gasteiger partial charge on any atom is 0.00128 e. The Kier molecular flexibility index (Phi) is 3.04. The van der Waals surface area contributed by atoms with Gasteiger partial charge in [0.1, 0.15) is 0 Å². The van der Waals surface area contributed by atoms with E-state index >= 15 is 0 Å². The molecule has 0 fully saturated rings. The highest BCUT2D eigenvalue weighted by Crippen LogP contribution is 2.44. The van der Waals surface area contributed by atoms with Crippen molar-refractivity contribution in [1.82, 2.24) is 0 Å². The van der Waals surface area contributed by atoms with Gasteiger partial charge in [0.15, 0.2) is 0 Å². The standard InChI is InChI=1S/C15H24/c1-10(2)13-8-6-12(4)14-7-5-11(3)9-15(13)14/h9-10,13,15H,5-8H2,1-4H3/t13-,15?/m0/s1. The Hall–Kier alpha value is -0.520. The van der Waals surface area contributed by atoms with E-state index in [1.54, 1.807) is 16.7 Å². The summed E-state index contributed by atoms with van der Waals surface area (Å²) in [6.45, 7) is 9.44. The summed E-state index contributed by atoms with van der Waals surface area (Å²) >= 11 is 0. The van der Waals surface area contributed by atoms with Gasteiger partial charge in [0.05, 0.1) is 0 Å². The van der Waals surface area contributed by atoms with Crippen molar-refractivity contribution < 1.29 is 0 Å². The van der Waals surface area contributed by atoms with E-state index in [2.05, 4.69) is 33.8 Å². The maximum absolute atomic E-state index is 2.56. The van der Waals surface area contributed by atoms with Crippen LogP contribution in [0, 0.1) is 17.8 Å². The molecule has 0 amide bonds. The summed E-state index contributed by atoms with van der Waals surface area (Å²) in [4.78, 5) is 0. The first-order chi connectivity index (χ1) is 7.09. The molecule has 15 heavy (non-hydrogen) atoms. The Labute approximate surface area is 94.5 Å². The molecular weight excluding hydrogens is 180 g/mol. The van der Waals surface area contributed by atoms with Gasteiger partial charge in [-0.3, -0.25) is 0 Å². The summed E-state index contributed by atoms with van der Waals surface area (Å²) in [5.74, 6) is 2.52. The van der Waals surface area contributed by atoms with Crippen molar-refractivity contribution in [2.24, 2.45) is 17.8 Å². The van der Waals surface area contributed by atoms with Gasteiger partial charge in [0, 0.05) is 5.92 Å². The van der Waals surface area contributed by atoms with Gasteiger partial charge >= 0.3 is 0 Å². The lowest BCUT2D eigenvalue weighted by Gasteiger charge is -2.38. The van der Waals surface area contributed by atoms with Crippen molar-refractivity contribution in [3.05, 3.63) is 22.8 Å². The Morgan fingerprint density at radius 2 is 1.87 bits per heavy atom. The van der Waals surface area contributed by atoms with Crippen molar-refractivity contribution in [2.45, 2.75) is 53.4 Å². The van der Waals surface area contributed by atoms with E-state index in [1.807, 2.05) is 0 Å². The predicted molar refractivity (Wildman–Crippen MR) is 66.7 cm³/mol. The Bertz CT molecular complexity index is 304. The Balaban J connectivity index is 2.33. The van der Waals surface area contributed by atoms with E-state index in [4.69, 9.17) is 0 Å². The Morgan fingerprint density at radius 3 is 2.53 bits per heavy atom. The molecule has 2 rings (SSSR count). The van der Waals surface area contributed by atoms with Crippen molar-refractivity contribution in [3.63, 3.8) is 0 Å². The molecule has 0 radical (unpaired) electrons. The summed E-state index contributed by atoms with van der Waals surface area (Å²) in [5.41, 5.74) is 5.09. The summed E-state index contributed by atoms with van der Waals surface area (Å²) in [5, 5.41) is 0. The molecule has 0 aromatic rings. The van der Waals surface area contributed by atoms with Crippen LogP contribution in [0.4, 0.5) is 0 Å². The number of hydrogen-bond acceptors (Lipinski definition) is 0. The zero-order valence-corrected chi connectivity index (χ0v) is 10.6. The van der Waals surface area contributed by atoms with Crippen LogP contribution >= 0.6 is 0 Å². The van der Waals surface area contributed by atoms with Crippen LogP contribution in [0.1, 0.15) is 53.4 Å². The molecule has 0 aliphatic heterocycles. The zero-order valence-electron chi connectivity index (χ0n) is 10.6. The lowest BCUT2D eigenvalue weighted by Crippen LogP contribution is -2.27. The van der Waals surface area contributed by atoms with Crippen molar-refractivity contribution in [3.8, 4) is 0 Å². The predicted octanol–water partition coefficient (Wildman–Crippen LogP) is 4.73. The second-order valence-corrected chi connectivity index (χ2v) is 5.79. The topological polar surface area (TPSA) is 0 Å². The second kappa shape index (κ2) is 4.15. The van der Waals surface area contributed by atoms with E-state index in [0.717, 1.165) is 17.8 Å². The quantitative estimate of drug-likeness (QED) is 0.542. The molecule has 2 atom stereocenters. The lowest BCUT2D eigenvalue weighted by atomic mass is 9.67. The molecule has 0 nitrogen and oxygen atoms in total. The second-order valence-electron chi connectivity index (χ2n) is 5.79. The van der Waals surface area contributed by atoms with E-state index in [9.17, 15) is 0 Å². The molecule has 0 heteroatoms. The molecule has 2 aliphatic rings. The van der Waals surface area contributed by atoms with Crippen molar-refractivity contribution in [1.29, 1.82) is 0 Å². The fourth-order valence-corrected chi connectivity index (χ4v) is 3.34. The third kappa shape index (κ3) is 2.04. The third-order valence-corrected chi connectivity index (χ3v) is 4.37. The van der Waals surface area contributed by atoms with Gasteiger partial charge in [0.2, 0.25) is 0 Å². The minimum atomic E-state index is 0.785. The number of rotatable bonds is 1. The van der Waals surface area contributed by atoms with E-state index in [0.29, 0.717) is 0 Å². The average molecular weight is 204 g/mol. The van der Waals surface area contributed by atoms with Crippen LogP contribution in [0.3, 0.4) is 0 Å². The van der Waals surface area contributed by atoms with Gasteiger partial charge in [-0.05, 0) is 51.4 Å². The first kappa shape index (κ1) is 11.0. The highest BCUT2D eigenvalue weighted by Gasteiger charge is 2.32. The highest BCUT2D eigenvalue weighted by molar-refractivity contribution is 5.30. The van der Waals surface area contributed by atoms with E-state index in [1.165, 1.54) is 25.7 Å². The molecule has 1 unspecified atom stereocenters. The molecule has 84 valence electrons. The van der Waals surface area contributed by atoms with Gasteiger partial charge in [-0.25, -0.2) is 0 Å². The van der Waals surface area contributed by atoms with Gasteiger partial charge in [-0.1, -0.05) is 36.6 Å². The van der Waals surface area contributed by atoms with Crippen LogP contribution in [0.5, 0.6) is 0 Å². The normalized spacial score (nSPS) is 31.7. The van der Waals surface area contributed by atoms with Crippen LogP contribution in [0.25, 0.3) is 0 Å². The number of hydrogen-bond donors (Lipinski definition) is 0. The van der Waals surface area contributed by atoms with Crippen LogP contribution in [0.15, 0.2) is 22.8 Å². The maximum atomic E-state index is 2.56. The summed E-state index contributed by atoms with van der Waals surface area (Å²) < 4.78 is 0.